The Labute approximate surface area is 278 Å². The van der Waals surface area contributed by atoms with Gasteiger partial charge in [0.05, 0.1) is 10.9 Å². The van der Waals surface area contributed by atoms with Gasteiger partial charge in [0.25, 0.3) is 0 Å². The molecule has 1 aliphatic carbocycles. The van der Waals surface area contributed by atoms with Crippen LogP contribution in [0.5, 0.6) is 0 Å². The van der Waals surface area contributed by atoms with Gasteiger partial charge in [-0.3, -0.25) is 0 Å². The van der Waals surface area contributed by atoms with Crippen LogP contribution in [0.15, 0.2) is 180 Å². The normalized spacial score (nSPS) is 13.2. The minimum atomic E-state index is -0.408. The van der Waals surface area contributed by atoms with Gasteiger partial charge in [0.15, 0.2) is 5.58 Å². The second-order valence-electron chi connectivity index (χ2n) is 12.7. The molecule has 0 fully saturated rings. The van der Waals surface area contributed by atoms with E-state index in [4.69, 9.17) is 9.40 Å². The average molecular weight is 612 g/mol. The van der Waals surface area contributed by atoms with Gasteiger partial charge in [0.2, 0.25) is 0 Å². The highest BCUT2D eigenvalue weighted by Crippen LogP contribution is 2.56. The monoisotopic (exact) mass is 611 g/mol. The Morgan fingerprint density at radius 3 is 1.75 bits per heavy atom. The maximum atomic E-state index is 6.13. The lowest BCUT2D eigenvalue weighted by atomic mass is 9.67. The molecular formula is C46H29NO. The van der Waals surface area contributed by atoms with Crippen LogP contribution in [0.4, 0.5) is 0 Å². The second kappa shape index (κ2) is 10.4. The number of furan rings is 1. The third-order valence-corrected chi connectivity index (χ3v) is 10.2. The third kappa shape index (κ3) is 3.90. The number of rotatable bonds is 4. The first kappa shape index (κ1) is 26.9. The van der Waals surface area contributed by atoms with Gasteiger partial charge in [0, 0.05) is 10.8 Å². The Bertz CT molecular complexity index is 2610. The van der Waals surface area contributed by atoms with Gasteiger partial charge >= 0.3 is 0 Å². The first-order valence-electron chi connectivity index (χ1n) is 16.5. The summed E-state index contributed by atoms with van der Waals surface area (Å²) in [6, 6.07) is 63.5. The van der Waals surface area contributed by atoms with Crippen LogP contribution in [0.1, 0.15) is 22.3 Å². The van der Waals surface area contributed by atoms with Crippen molar-refractivity contribution in [3.05, 3.63) is 198 Å². The highest BCUT2D eigenvalue weighted by molar-refractivity contribution is 6.06. The third-order valence-electron chi connectivity index (χ3n) is 10.2. The number of hydrogen-bond acceptors (Lipinski definition) is 2. The van der Waals surface area contributed by atoms with Crippen LogP contribution in [0.25, 0.3) is 66.4 Å². The quantitative estimate of drug-likeness (QED) is 0.198. The minimum absolute atomic E-state index is 0.408. The molecule has 10 rings (SSSR count). The molecule has 0 saturated carbocycles. The molecule has 0 unspecified atom stereocenters. The van der Waals surface area contributed by atoms with E-state index < -0.39 is 5.41 Å². The molecular weight excluding hydrogens is 583 g/mol. The fourth-order valence-corrected chi connectivity index (χ4v) is 7.96. The Balaban J connectivity index is 1.08. The topological polar surface area (TPSA) is 26.0 Å². The molecule has 7 aromatic carbocycles. The Morgan fingerprint density at radius 1 is 0.417 bits per heavy atom. The van der Waals surface area contributed by atoms with Crippen LogP contribution < -0.4 is 0 Å². The molecule has 2 heteroatoms. The number of benzene rings is 7. The number of aromatic nitrogens is 1. The molecule has 224 valence electrons. The molecule has 0 saturated heterocycles. The van der Waals surface area contributed by atoms with Gasteiger partial charge in [-0.05, 0) is 92.0 Å². The van der Waals surface area contributed by atoms with Crippen LogP contribution in [-0.4, -0.2) is 4.98 Å². The predicted molar refractivity (Wildman–Crippen MR) is 197 cm³/mol. The lowest BCUT2D eigenvalue weighted by Gasteiger charge is -2.34. The van der Waals surface area contributed by atoms with E-state index in [0.717, 1.165) is 38.5 Å². The smallest absolute Gasteiger partial charge is 0.154 e. The highest BCUT2D eigenvalue weighted by Gasteiger charge is 2.46. The molecule has 0 bridgehead atoms. The summed E-state index contributed by atoms with van der Waals surface area (Å²) in [7, 11) is 0. The zero-order valence-electron chi connectivity index (χ0n) is 26.1. The van der Waals surface area contributed by atoms with Crippen molar-refractivity contribution in [1.82, 2.24) is 4.98 Å². The van der Waals surface area contributed by atoms with Crippen molar-refractivity contribution in [2.45, 2.75) is 5.41 Å². The Hall–Kier alpha value is -6.25. The van der Waals surface area contributed by atoms with E-state index >= 15 is 0 Å². The zero-order valence-corrected chi connectivity index (χ0v) is 26.1. The summed E-state index contributed by atoms with van der Waals surface area (Å²) in [5, 5.41) is 2.12. The van der Waals surface area contributed by atoms with E-state index in [1.54, 1.807) is 0 Å². The predicted octanol–water partition coefficient (Wildman–Crippen LogP) is 11.8. The molecule has 2 heterocycles. The molecule has 2 aromatic heterocycles. The molecule has 1 aliphatic rings. The first-order chi connectivity index (χ1) is 23.8. The van der Waals surface area contributed by atoms with E-state index in [1.807, 2.05) is 18.2 Å². The second-order valence-corrected chi connectivity index (χ2v) is 12.7. The van der Waals surface area contributed by atoms with Crippen molar-refractivity contribution < 1.29 is 4.42 Å². The van der Waals surface area contributed by atoms with Crippen molar-refractivity contribution in [3.8, 4) is 33.4 Å². The van der Waals surface area contributed by atoms with Crippen LogP contribution >= 0.6 is 0 Å². The van der Waals surface area contributed by atoms with Crippen molar-refractivity contribution in [1.29, 1.82) is 0 Å². The zero-order chi connectivity index (χ0) is 31.7. The highest BCUT2D eigenvalue weighted by atomic mass is 16.3. The minimum Gasteiger partial charge on any atom is -0.454 e. The van der Waals surface area contributed by atoms with E-state index in [9.17, 15) is 0 Å². The van der Waals surface area contributed by atoms with Gasteiger partial charge in [0.1, 0.15) is 11.1 Å². The summed E-state index contributed by atoms with van der Waals surface area (Å²) in [5.41, 5.74) is 15.7. The molecule has 48 heavy (non-hydrogen) atoms. The average Bonchev–Trinajstić information content (AvgIpc) is 3.67. The van der Waals surface area contributed by atoms with Crippen molar-refractivity contribution in [2.24, 2.45) is 0 Å². The maximum absolute atomic E-state index is 6.13. The number of nitrogens with zero attached hydrogens (tertiary/aromatic N) is 1. The standard InChI is InChI=1S/C46H29NO/c1-3-11-35(12-4-1)46(36-13-5-2-6-14-36)40-17-9-7-15-37(40)38-25-23-33(28-41(38)46)31-21-19-30(20-22-31)32-24-26-42-34(27-32)29-44-45(47-42)39-16-8-10-18-43(39)48-44/h1-29H. The SMILES string of the molecule is c1ccc(C2(c3ccccc3)c3ccccc3-c3ccc(-c4ccc(-c5ccc6nc7c(cc6c5)oc5ccccc57)cc4)cc32)cc1. The lowest BCUT2D eigenvalue weighted by molar-refractivity contribution is 0.669. The van der Waals surface area contributed by atoms with Gasteiger partial charge in [-0.1, -0.05) is 140 Å². The van der Waals surface area contributed by atoms with Crippen LogP contribution in [0, 0.1) is 0 Å². The van der Waals surface area contributed by atoms with Crippen molar-refractivity contribution >= 4 is 33.0 Å². The van der Waals surface area contributed by atoms with E-state index in [2.05, 4.69) is 158 Å². The Morgan fingerprint density at radius 2 is 1.00 bits per heavy atom. The lowest BCUT2D eigenvalue weighted by Crippen LogP contribution is -2.28. The van der Waals surface area contributed by atoms with E-state index in [0.29, 0.717) is 0 Å². The molecule has 0 aliphatic heterocycles. The van der Waals surface area contributed by atoms with Crippen LogP contribution in [0.3, 0.4) is 0 Å². The number of fused-ring (bicyclic) bond motifs is 7. The molecule has 0 radical (unpaired) electrons. The van der Waals surface area contributed by atoms with Crippen LogP contribution in [-0.2, 0) is 5.41 Å². The van der Waals surface area contributed by atoms with Gasteiger partial charge in [-0.15, -0.1) is 0 Å². The van der Waals surface area contributed by atoms with Crippen molar-refractivity contribution in [2.75, 3.05) is 0 Å². The molecule has 0 amide bonds. The summed E-state index contributed by atoms with van der Waals surface area (Å²) in [6.45, 7) is 0. The van der Waals surface area contributed by atoms with E-state index in [-0.39, 0.29) is 0 Å². The fourth-order valence-electron chi connectivity index (χ4n) is 7.96. The van der Waals surface area contributed by atoms with Gasteiger partial charge in [-0.25, -0.2) is 4.98 Å². The summed E-state index contributed by atoms with van der Waals surface area (Å²) < 4.78 is 6.13. The number of pyridine rings is 1. The van der Waals surface area contributed by atoms with Gasteiger partial charge in [-0.2, -0.15) is 0 Å². The molecule has 2 nitrogen and oxygen atoms in total. The molecule has 0 atom stereocenters. The van der Waals surface area contributed by atoms with Crippen LogP contribution in [0.2, 0.25) is 0 Å². The maximum Gasteiger partial charge on any atom is 0.154 e. The molecule has 0 N–H and O–H groups in total. The van der Waals surface area contributed by atoms with E-state index in [1.165, 1.54) is 50.1 Å². The Kier molecular flexibility index (Phi) is 5.82. The summed E-state index contributed by atoms with van der Waals surface area (Å²) in [5.74, 6) is 0. The number of para-hydroxylation sites is 1. The van der Waals surface area contributed by atoms with Crippen molar-refractivity contribution in [3.63, 3.8) is 0 Å². The largest absolute Gasteiger partial charge is 0.454 e. The molecule has 9 aromatic rings. The number of hydrogen-bond donors (Lipinski definition) is 0. The summed E-state index contributed by atoms with van der Waals surface area (Å²) in [4.78, 5) is 4.96. The fraction of sp³-hybridized carbons (Fsp3) is 0.0217. The summed E-state index contributed by atoms with van der Waals surface area (Å²) >= 11 is 0. The first-order valence-corrected chi connectivity index (χ1v) is 16.5. The summed E-state index contributed by atoms with van der Waals surface area (Å²) in [6.07, 6.45) is 0. The van der Waals surface area contributed by atoms with Gasteiger partial charge < -0.3 is 4.42 Å². The molecule has 0 spiro atoms.